The summed E-state index contributed by atoms with van der Waals surface area (Å²) in [6.07, 6.45) is -0.570. The number of carbonyl (C=O) groups excluding carboxylic acids is 1. The zero-order valence-electron chi connectivity index (χ0n) is 25.6. The van der Waals surface area contributed by atoms with E-state index < -0.39 is 42.4 Å². The molecule has 5 N–H and O–H groups in total. The Balaban J connectivity index is 1.27. The molecule has 5 aromatic rings. The van der Waals surface area contributed by atoms with Crippen LogP contribution in [0.5, 0.6) is 0 Å². The zero-order valence-corrected chi connectivity index (χ0v) is 26.4. The number of carbonyl (C=O) groups is 1. The molecule has 47 heavy (non-hydrogen) atoms. The number of ether oxygens (including phenoxy) is 3. The summed E-state index contributed by atoms with van der Waals surface area (Å²) >= 11 is 1.56. The van der Waals surface area contributed by atoms with Crippen LogP contribution in [-0.2, 0) is 14.2 Å². The molecule has 12 nitrogen and oxygen atoms in total. The average Bonchev–Trinajstić information content (AvgIpc) is 3.70. The highest BCUT2D eigenvalue weighted by atomic mass is 32.1. The minimum atomic E-state index is -0.679. The number of thiazole rings is 1. The number of halogens is 1. The van der Waals surface area contributed by atoms with Crippen LogP contribution in [0.15, 0.2) is 79.0 Å². The van der Waals surface area contributed by atoms with Crippen molar-refractivity contribution >= 4 is 33.2 Å². The van der Waals surface area contributed by atoms with Crippen LogP contribution in [0, 0.1) is 12.7 Å². The van der Waals surface area contributed by atoms with Gasteiger partial charge in [-0.1, -0.05) is 42.5 Å². The first-order valence-electron chi connectivity index (χ1n) is 15.1. The summed E-state index contributed by atoms with van der Waals surface area (Å²) in [4.78, 5) is 22.0. The number of fused-ring (bicyclic) bond motifs is 2. The molecule has 0 saturated carbocycles. The highest BCUT2D eigenvalue weighted by Gasteiger charge is 2.47. The molecule has 242 valence electrons. The van der Waals surface area contributed by atoms with Crippen LogP contribution in [0.2, 0.25) is 0 Å². The first kappa shape index (κ1) is 30.9. The van der Waals surface area contributed by atoms with Crippen LogP contribution in [0.4, 0.5) is 4.39 Å². The standard InChI is InChI=1S/C33H33FN8O4S/c1-18-38-24-12-11-22(14-28(24)47-18)42-31(39-30(40-42)32(43)37-2)26-15-25(41(36)16-23(35)20-9-6-10-21(34)13-20)29-27(45-26)17-44-33(46-29)19-7-4-3-5-8-19/h3-14,16,25-27,29,33H,15,17,35-36H2,1-2H3,(H,37,43)/b23-16-/t25-,26-,27-,29-,33?/m1/s1. The Morgan fingerprint density at radius 3 is 2.72 bits per heavy atom. The highest BCUT2D eigenvalue weighted by molar-refractivity contribution is 7.18. The maximum absolute atomic E-state index is 14.0. The molecule has 2 fully saturated rings. The SMILES string of the molecule is CNC(=O)c1nc([C@H]2C[C@@H](N(N)/C=C(\N)c3cccc(F)c3)[C@H]3OC(c4ccccc4)OC[C@H]3O2)n(-c2ccc3nc(C)sc3c2)n1. The van der Waals surface area contributed by atoms with E-state index in [9.17, 15) is 9.18 Å². The molecule has 0 spiro atoms. The van der Waals surface area contributed by atoms with E-state index in [-0.39, 0.29) is 18.1 Å². The number of nitrogens with two attached hydrogens (primary N) is 2. The third kappa shape index (κ3) is 6.21. The monoisotopic (exact) mass is 656 g/mol. The van der Waals surface area contributed by atoms with E-state index in [1.165, 1.54) is 24.2 Å². The van der Waals surface area contributed by atoms with E-state index in [4.69, 9.17) is 25.8 Å². The number of hydrazine groups is 1. The molecule has 7 rings (SSSR count). The Kier molecular flexibility index (Phi) is 8.42. The number of rotatable bonds is 7. The van der Waals surface area contributed by atoms with E-state index in [0.717, 1.165) is 20.8 Å². The van der Waals surface area contributed by atoms with Crippen LogP contribution in [0.25, 0.3) is 21.6 Å². The smallest absolute Gasteiger partial charge is 0.290 e. The molecule has 1 unspecified atom stereocenters. The lowest BCUT2D eigenvalue weighted by molar-refractivity contribution is -0.303. The zero-order chi connectivity index (χ0) is 32.7. The van der Waals surface area contributed by atoms with Crippen LogP contribution < -0.4 is 16.9 Å². The van der Waals surface area contributed by atoms with Crippen molar-refractivity contribution in [2.45, 2.75) is 44.0 Å². The quantitative estimate of drug-likeness (QED) is 0.172. The van der Waals surface area contributed by atoms with E-state index in [0.29, 0.717) is 23.5 Å². The summed E-state index contributed by atoms with van der Waals surface area (Å²) < 4.78 is 35.9. The molecule has 2 aliphatic heterocycles. The lowest BCUT2D eigenvalue weighted by Gasteiger charge is -2.48. The van der Waals surface area contributed by atoms with Gasteiger partial charge < -0.3 is 30.3 Å². The van der Waals surface area contributed by atoms with Gasteiger partial charge in [-0.25, -0.2) is 24.9 Å². The van der Waals surface area contributed by atoms with Crippen molar-refractivity contribution in [2.24, 2.45) is 11.6 Å². The van der Waals surface area contributed by atoms with Crippen molar-refractivity contribution in [3.63, 3.8) is 0 Å². The number of aromatic nitrogens is 4. The minimum Gasteiger partial charge on any atom is -0.397 e. The molecule has 2 aromatic heterocycles. The predicted octanol–water partition coefficient (Wildman–Crippen LogP) is 4.13. The van der Waals surface area contributed by atoms with E-state index >= 15 is 0 Å². The highest BCUT2D eigenvalue weighted by Crippen LogP contribution is 2.40. The van der Waals surface area contributed by atoms with E-state index in [1.807, 2.05) is 55.5 Å². The maximum Gasteiger partial charge on any atom is 0.290 e. The molecule has 2 aliphatic rings. The normalized spacial score (nSPS) is 23.0. The van der Waals surface area contributed by atoms with Crippen molar-refractivity contribution in [2.75, 3.05) is 13.7 Å². The number of nitrogens with one attached hydrogen (secondary N) is 1. The van der Waals surface area contributed by atoms with Gasteiger partial charge in [0.1, 0.15) is 24.1 Å². The van der Waals surface area contributed by atoms with Gasteiger partial charge in [-0.15, -0.1) is 16.4 Å². The molecule has 5 atom stereocenters. The van der Waals surface area contributed by atoms with Gasteiger partial charge >= 0.3 is 0 Å². The number of hydrogen-bond acceptors (Lipinski definition) is 11. The molecular formula is C33H33FN8O4S. The number of nitrogens with zero attached hydrogens (tertiary/aromatic N) is 5. The summed E-state index contributed by atoms with van der Waals surface area (Å²) in [5.74, 6) is 6.29. The van der Waals surface area contributed by atoms with Crippen molar-refractivity contribution in [1.82, 2.24) is 30.1 Å². The molecule has 0 bridgehead atoms. The largest absolute Gasteiger partial charge is 0.397 e. The van der Waals surface area contributed by atoms with Crippen molar-refractivity contribution in [3.8, 4) is 5.69 Å². The number of amides is 1. The Labute approximate surface area is 273 Å². The molecule has 1 amide bonds. The van der Waals surface area contributed by atoms with Gasteiger partial charge in [0.25, 0.3) is 5.91 Å². The molecule has 4 heterocycles. The molecule has 0 radical (unpaired) electrons. The second-order valence-corrected chi connectivity index (χ2v) is 12.6. The molecular weight excluding hydrogens is 623 g/mol. The predicted molar refractivity (Wildman–Crippen MR) is 173 cm³/mol. The van der Waals surface area contributed by atoms with Gasteiger partial charge in [0.2, 0.25) is 5.82 Å². The number of hydrogen-bond donors (Lipinski definition) is 3. The Morgan fingerprint density at radius 1 is 1.11 bits per heavy atom. The van der Waals surface area contributed by atoms with Crippen molar-refractivity contribution in [3.05, 3.63) is 113 Å². The van der Waals surface area contributed by atoms with Crippen molar-refractivity contribution < 1.29 is 23.4 Å². The van der Waals surface area contributed by atoms with Gasteiger partial charge in [-0.05, 0) is 37.3 Å². The minimum absolute atomic E-state index is 0.00881. The second kappa shape index (κ2) is 12.8. The number of aryl methyl sites for hydroxylation is 1. The first-order chi connectivity index (χ1) is 22.8. The van der Waals surface area contributed by atoms with Crippen LogP contribution in [0.1, 0.15) is 51.4 Å². The summed E-state index contributed by atoms with van der Waals surface area (Å²) in [5.41, 5.74) is 9.58. The van der Waals surface area contributed by atoms with Crippen LogP contribution in [0.3, 0.4) is 0 Å². The van der Waals surface area contributed by atoms with Crippen LogP contribution in [-0.4, -0.2) is 62.6 Å². The van der Waals surface area contributed by atoms with Gasteiger partial charge in [-0.2, -0.15) is 0 Å². The van der Waals surface area contributed by atoms with Gasteiger partial charge in [-0.3, -0.25) is 4.79 Å². The van der Waals surface area contributed by atoms with E-state index in [1.54, 1.807) is 34.4 Å². The summed E-state index contributed by atoms with van der Waals surface area (Å²) in [7, 11) is 1.52. The lowest BCUT2D eigenvalue weighted by atomic mass is 9.93. The third-order valence-corrected chi connectivity index (χ3v) is 9.14. The van der Waals surface area contributed by atoms with Crippen LogP contribution >= 0.6 is 11.3 Å². The summed E-state index contributed by atoms with van der Waals surface area (Å²) in [5, 5.41) is 9.60. The lowest BCUT2D eigenvalue weighted by Crippen LogP contribution is -2.59. The summed E-state index contributed by atoms with van der Waals surface area (Å²) in [6.45, 7) is 2.16. The Bertz CT molecular complexity index is 1950. The van der Waals surface area contributed by atoms with Crippen molar-refractivity contribution in [1.29, 1.82) is 0 Å². The summed E-state index contributed by atoms with van der Waals surface area (Å²) in [6, 6.07) is 20.8. The second-order valence-electron chi connectivity index (χ2n) is 11.4. The Hall–Kier alpha value is -4.73. The fourth-order valence-corrected chi connectivity index (χ4v) is 6.81. The van der Waals surface area contributed by atoms with Gasteiger partial charge in [0.05, 0.1) is 39.3 Å². The fourth-order valence-electron chi connectivity index (χ4n) is 5.95. The van der Waals surface area contributed by atoms with Gasteiger partial charge in [0, 0.05) is 30.8 Å². The Morgan fingerprint density at radius 2 is 1.94 bits per heavy atom. The molecule has 14 heteroatoms. The molecule has 2 saturated heterocycles. The third-order valence-electron chi connectivity index (χ3n) is 8.21. The topological polar surface area (TPSA) is 156 Å². The first-order valence-corrected chi connectivity index (χ1v) is 15.9. The maximum atomic E-state index is 14.0. The average molecular weight is 657 g/mol. The van der Waals surface area contributed by atoms with Gasteiger partial charge in [0.15, 0.2) is 12.1 Å². The molecule has 3 aromatic carbocycles. The fraction of sp³-hybridized carbons (Fsp3) is 0.273. The van der Waals surface area contributed by atoms with E-state index in [2.05, 4.69) is 20.4 Å². The molecule has 0 aliphatic carbocycles. The number of benzene rings is 3.